The molecule has 0 saturated carbocycles. The van der Waals surface area contributed by atoms with E-state index in [1.54, 1.807) is 13.2 Å². The van der Waals surface area contributed by atoms with Gasteiger partial charge in [0.15, 0.2) is 0 Å². The molecule has 0 spiro atoms. The van der Waals surface area contributed by atoms with E-state index >= 15 is 0 Å². The summed E-state index contributed by atoms with van der Waals surface area (Å²) in [5.41, 5.74) is 2.77. The fraction of sp³-hybridized carbons (Fsp3) is 0.0952. The largest absolute Gasteiger partial charge is 0.497 e. The van der Waals surface area contributed by atoms with Crippen LogP contribution < -0.4 is 10.4 Å². The van der Waals surface area contributed by atoms with Crippen LogP contribution in [0.2, 0.25) is 0 Å². The van der Waals surface area contributed by atoms with Crippen LogP contribution in [0.3, 0.4) is 0 Å². The minimum Gasteiger partial charge on any atom is -0.497 e. The SMILES string of the molecule is COc1ccc2c(CSc3nnc(-c4c[nH]c5ccccc45)o3)cc(=O)oc2c1. The van der Waals surface area contributed by atoms with Crippen LogP contribution in [0.25, 0.3) is 33.3 Å². The maximum atomic E-state index is 11.9. The summed E-state index contributed by atoms with van der Waals surface area (Å²) in [6, 6.07) is 14.8. The van der Waals surface area contributed by atoms with Gasteiger partial charge in [0.25, 0.3) is 11.1 Å². The zero-order valence-electron chi connectivity index (χ0n) is 15.3. The third-order valence-electron chi connectivity index (χ3n) is 4.61. The Bertz CT molecular complexity index is 1390. The molecule has 0 atom stereocenters. The summed E-state index contributed by atoms with van der Waals surface area (Å²) in [4.78, 5) is 15.1. The van der Waals surface area contributed by atoms with Crippen molar-refractivity contribution in [1.82, 2.24) is 15.2 Å². The van der Waals surface area contributed by atoms with Crippen LogP contribution in [-0.4, -0.2) is 22.3 Å². The predicted molar refractivity (Wildman–Crippen MR) is 110 cm³/mol. The molecule has 0 fully saturated rings. The Morgan fingerprint density at radius 1 is 1.07 bits per heavy atom. The number of aromatic nitrogens is 3. The molecular weight excluding hydrogens is 390 g/mol. The van der Waals surface area contributed by atoms with Crippen molar-refractivity contribution in [2.45, 2.75) is 11.0 Å². The molecule has 0 aliphatic heterocycles. The van der Waals surface area contributed by atoms with Gasteiger partial charge in [0.05, 0.1) is 12.7 Å². The summed E-state index contributed by atoms with van der Waals surface area (Å²) in [6.45, 7) is 0. The maximum absolute atomic E-state index is 11.9. The second kappa shape index (κ2) is 7.14. The Morgan fingerprint density at radius 3 is 2.86 bits per heavy atom. The van der Waals surface area contributed by atoms with Crippen LogP contribution in [0, 0.1) is 0 Å². The third kappa shape index (κ3) is 3.27. The number of rotatable bonds is 5. The Hall–Kier alpha value is -3.52. The van der Waals surface area contributed by atoms with Crippen LogP contribution in [-0.2, 0) is 5.75 Å². The molecule has 0 bridgehead atoms. The lowest BCUT2D eigenvalue weighted by atomic mass is 10.1. The summed E-state index contributed by atoms with van der Waals surface area (Å²) in [5, 5.41) is 10.6. The second-order valence-electron chi connectivity index (χ2n) is 6.36. The molecule has 29 heavy (non-hydrogen) atoms. The molecule has 0 unspecified atom stereocenters. The zero-order valence-corrected chi connectivity index (χ0v) is 16.2. The number of benzene rings is 2. The highest BCUT2D eigenvalue weighted by Crippen LogP contribution is 2.31. The average molecular weight is 405 g/mol. The van der Waals surface area contributed by atoms with E-state index in [1.165, 1.54) is 17.8 Å². The minimum absolute atomic E-state index is 0.411. The quantitative estimate of drug-likeness (QED) is 0.337. The number of methoxy groups -OCH3 is 1. The summed E-state index contributed by atoms with van der Waals surface area (Å²) in [7, 11) is 1.57. The topological polar surface area (TPSA) is 94.2 Å². The number of ether oxygens (including phenoxy) is 1. The van der Waals surface area contributed by atoms with Crippen LogP contribution >= 0.6 is 11.8 Å². The fourth-order valence-corrected chi connectivity index (χ4v) is 3.98. The van der Waals surface area contributed by atoms with Crippen LogP contribution in [0.1, 0.15) is 5.56 Å². The highest BCUT2D eigenvalue weighted by atomic mass is 32.2. The van der Waals surface area contributed by atoms with Crippen molar-refractivity contribution in [3.05, 3.63) is 70.7 Å². The Kier molecular flexibility index (Phi) is 4.33. The first-order valence-corrected chi connectivity index (χ1v) is 9.83. The number of fused-ring (bicyclic) bond motifs is 2. The zero-order chi connectivity index (χ0) is 19.8. The van der Waals surface area contributed by atoms with E-state index in [1.807, 2.05) is 42.6 Å². The van der Waals surface area contributed by atoms with Crippen molar-refractivity contribution >= 4 is 33.6 Å². The standard InChI is InChI=1S/C21H15N3O4S/c1-26-13-6-7-14-12(8-19(25)27-18(14)9-13)11-29-21-24-23-20(28-21)16-10-22-17-5-3-2-4-15(16)17/h2-10,22H,11H2,1H3. The number of thioether (sulfide) groups is 1. The first kappa shape index (κ1) is 17.6. The van der Waals surface area contributed by atoms with E-state index in [0.29, 0.717) is 28.2 Å². The molecule has 144 valence electrons. The highest BCUT2D eigenvalue weighted by Gasteiger charge is 2.14. The maximum Gasteiger partial charge on any atom is 0.336 e. The molecule has 3 heterocycles. The van der Waals surface area contributed by atoms with E-state index in [2.05, 4.69) is 15.2 Å². The molecule has 8 heteroatoms. The predicted octanol–water partition coefficient (Wildman–Crippen LogP) is 4.63. The molecule has 3 aromatic heterocycles. The number of aromatic amines is 1. The molecule has 1 N–H and O–H groups in total. The van der Waals surface area contributed by atoms with Crippen molar-refractivity contribution in [3.8, 4) is 17.2 Å². The van der Waals surface area contributed by atoms with Gasteiger partial charge in [-0.3, -0.25) is 0 Å². The van der Waals surface area contributed by atoms with Gasteiger partial charge in [0, 0.05) is 40.4 Å². The molecule has 0 amide bonds. The number of nitrogens with zero attached hydrogens (tertiary/aromatic N) is 2. The van der Waals surface area contributed by atoms with Crippen LogP contribution in [0.15, 0.2) is 73.6 Å². The van der Waals surface area contributed by atoms with Gasteiger partial charge in [-0.1, -0.05) is 30.0 Å². The van der Waals surface area contributed by atoms with E-state index in [-0.39, 0.29) is 0 Å². The number of hydrogen-bond donors (Lipinski definition) is 1. The van der Waals surface area contributed by atoms with Crippen molar-refractivity contribution < 1.29 is 13.6 Å². The fourth-order valence-electron chi connectivity index (χ4n) is 3.22. The number of para-hydroxylation sites is 1. The monoisotopic (exact) mass is 405 g/mol. The Morgan fingerprint density at radius 2 is 1.97 bits per heavy atom. The first-order valence-electron chi connectivity index (χ1n) is 8.85. The van der Waals surface area contributed by atoms with Crippen molar-refractivity contribution in [1.29, 1.82) is 0 Å². The Balaban J connectivity index is 1.42. The van der Waals surface area contributed by atoms with Crippen molar-refractivity contribution in [2.75, 3.05) is 7.11 Å². The Labute approximate surface area is 168 Å². The van der Waals surface area contributed by atoms with Gasteiger partial charge in [-0.15, -0.1) is 10.2 Å². The van der Waals surface area contributed by atoms with Crippen molar-refractivity contribution in [2.24, 2.45) is 0 Å². The van der Waals surface area contributed by atoms with Gasteiger partial charge >= 0.3 is 5.63 Å². The molecule has 0 aliphatic carbocycles. The van der Waals surface area contributed by atoms with E-state index in [9.17, 15) is 4.79 Å². The van der Waals surface area contributed by atoms with Gasteiger partial charge in [-0.2, -0.15) is 0 Å². The minimum atomic E-state index is -0.411. The molecule has 0 saturated heterocycles. The van der Waals surface area contributed by atoms with Gasteiger partial charge in [-0.05, 0) is 23.8 Å². The van der Waals surface area contributed by atoms with E-state index in [4.69, 9.17) is 13.6 Å². The van der Waals surface area contributed by atoms with Crippen molar-refractivity contribution in [3.63, 3.8) is 0 Å². The molecule has 5 rings (SSSR count). The molecule has 2 aromatic carbocycles. The highest BCUT2D eigenvalue weighted by molar-refractivity contribution is 7.98. The second-order valence-corrected chi connectivity index (χ2v) is 7.29. The number of H-pyrrole nitrogens is 1. The smallest absolute Gasteiger partial charge is 0.336 e. The third-order valence-corrected chi connectivity index (χ3v) is 5.48. The lowest BCUT2D eigenvalue weighted by Gasteiger charge is -2.05. The van der Waals surface area contributed by atoms with Gasteiger partial charge in [0.1, 0.15) is 11.3 Å². The summed E-state index contributed by atoms with van der Waals surface area (Å²) in [5.74, 6) is 1.57. The lowest BCUT2D eigenvalue weighted by molar-refractivity contribution is 0.414. The molecule has 0 aliphatic rings. The lowest BCUT2D eigenvalue weighted by Crippen LogP contribution is -2.00. The van der Waals surface area contributed by atoms with E-state index < -0.39 is 5.63 Å². The normalized spacial score (nSPS) is 11.3. The van der Waals surface area contributed by atoms with Crippen LogP contribution in [0.5, 0.6) is 5.75 Å². The van der Waals surface area contributed by atoms with Crippen LogP contribution in [0.4, 0.5) is 0 Å². The molecule has 5 aromatic rings. The molecule has 7 nitrogen and oxygen atoms in total. The summed E-state index contributed by atoms with van der Waals surface area (Å²) >= 11 is 1.37. The van der Waals surface area contributed by atoms with Gasteiger partial charge in [-0.25, -0.2) is 4.79 Å². The van der Waals surface area contributed by atoms with E-state index in [0.717, 1.165) is 27.4 Å². The molecular formula is C21H15N3O4S. The number of nitrogens with one attached hydrogen (secondary N) is 1. The average Bonchev–Trinajstić information content (AvgIpc) is 3.38. The first-order chi connectivity index (χ1) is 14.2. The summed E-state index contributed by atoms with van der Waals surface area (Å²) < 4.78 is 16.3. The summed E-state index contributed by atoms with van der Waals surface area (Å²) in [6.07, 6.45) is 1.86. The molecule has 0 radical (unpaired) electrons. The van der Waals surface area contributed by atoms with Gasteiger partial charge in [0.2, 0.25) is 0 Å². The van der Waals surface area contributed by atoms with Gasteiger partial charge < -0.3 is 18.6 Å². The number of hydrogen-bond acceptors (Lipinski definition) is 7.